The second kappa shape index (κ2) is 7.26. The number of hydrogen-bond acceptors (Lipinski definition) is 3. The minimum Gasteiger partial charge on any atom is -0.352 e. The van der Waals surface area contributed by atoms with Gasteiger partial charge in [0.05, 0.1) is 0 Å². The largest absolute Gasteiger partial charge is 0.404 e. The third-order valence-corrected chi connectivity index (χ3v) is 5.83. The summed E-state index contributed by atoms with van der Waals surface area (Å²) < 4.78 is 53.8. The molecule has 2 unspecified atom stereocenters. The molecule has 1 amide bonds. The van der Waals surface area contributed by atoms with Crippen molar-refractivity contribution in [3.8, 4) is 0 Å². The van der Waals surface area contributed by atoms with Gasteiger partial charge in [-0.25, -0.2) is 4.39 Å². The highest BCUT2D eigenvalue weighted by Gasteiger charge is 2.48. The van der Waals surface area contributed by atoms with Crippen LogP contribution in [0.4, 0.5) is 17.6 Å². The number of likely N-dealkylation sites (tertiary alicyclic amines) is 1. The molecule has 0 aromatic rings. The van der Waals surface area contributed by atoms with Gasteiger partial charge in [0.1, 0.15) is 11.7 Å². The Bertz CT molecular complexity index is 508. The van der Waals surface area contributed by atoms with Gasteiger partial charge in [0.15, 0.2) is 0 Å². The third kappa shape index (κ3) is 4.88. The summed E-state index contributed by atoms with van der Waals surface area (Å²) in [6.07, 6.45) is -0.453. The van der Waals surface area contributed by atoms with Crippen LogP contribution in [0.2, 0.25) is 0 Å². The highest BCUT2D eigenvalue weighted by atomic mass is 19.4. The molecule has 2 bridgehead atoms. The minimum atomic E-state index is -4.38. The van der Waals surface area contributed by atoms with Crippen LogP contribution in [0.25, 0.3) is 0 Å². The van der Waals surface area contributed by atoms with E-state index in [4.69, 9.17) is 0 Å². The molecule has 3 heterocycles. The van der Waals surface area contributed by atoms with Gasteiger partial charge < -0.3 is 10.6 Å². The monoisotopic (exact) mass is 379 g/mol. The summed E-state index contributed by atoms with van der Waals surface area (Å²) in [5.74, 6) is -0.126. The first-order valence-electron chi connectivity index (χ1n) is 9.57. The number of amides is 1. The highest BCUT2D eigenvalue weighted by molar-refractivity contribution is 5.79. The Morgan fingerprint density at radius 2 is 1.69 bits per heavy atom. The summed E-state index contributed by atoms with van der Waals surface area (Å²) in [6.45, 7) is 2.32. The van der Waals surface area contributed by atoms with E-state index in [-0.39, 0.29) is 43.8 Å². The van der Waals surface area contributed by atoms with Crippen LogP contribution in [-0.2, 0) is 4.79 Å². The highest BCUT2D eigenvalue weighted by Crippen LogP contribution is 2.34. The third-order valence-electron chi connectivity index (χ3n) is 5.83. The quantitative estimate of drug-likeness (QED) is 0.739. The fourth-order valence-electron chi connectivity index (χ4n) is 4.78. The van der Waals surface area contributed by atoms with Crippen LogP contribution >= 0.6 is 0 Å². The fraction of sp³-hybridized carbons (Fsp3) is 0.944. The molecule has 2 N–H and O–H groups in total. The second-order valence-electron chi connectivity index (χ2n) is 8.79. The SMILES string of the molecule is CC(C)(F)CN1C[C@@H](NC(=O)C2CC3CCC(C2)N3)CC[C@H]1C(F)(F)F. The Morgan fingerprint density at radius 3 is 2.23 bits per heavy atom. The number of alkyl halides is 4. The first-order chi connectivity index (χ1) is 12.0. The molecule has 26 heavy (non-hydrogen) atoms. The smallest absolute Gasteiger partial charge is 0.352 e. The van der Waals surface area contributed by atoms with Crippen molar-refractivity contribution in [1.29, 1.82) is 0 Å². The summed E-state index contributed by atoms with van der Waals surface area (Å²) in [5.41, 5.74) is -1.72. The van der Waals surface area contributed by atoms with Crippen molar-refractivity contribution < 1.29 is 22.4 Å². The van der Waals surface area contributed by atoms with Gasteiger partial charge in [-0.1, -0.05) is 0 Å². The van der Waals surface area contributed by atoms with E-state index in [0.29, 0.717) is 12.1 Å². The summed E-state index contributed by atoms with van der Waals surface area (Å²) >= 11 is 0. The van der Waals surface area contributed by atoms with E-state index in [1.807, 2.05) is 0 Å². The predicted molar refractivity (Wildman–Crippen MR) is 90.4 cm³/mol. The Kier molecular flexibility index (Phi) is 5.55. The Balaban J connectivity index is 1.59. The lowest BCUT2D eigenvalue weighted by Gasteiger charge is -2.42. The van der Waals surface area contributed by atoms with E-state index in [1.165, 1.54) is 13.8 Å². The lowest BCUT2D eigenvalue weighted by Crippen LogP contribution is -2.59. The second-order valence-corrected chi connectivity index (χ2v) is 8.79. The molecular weight excluding hydrogens is 350 g/mol. The number of hydrogen-bond donors (Lipinski definition) is 2. The zero-order valence-corrected chi connectivity index (χ0v) is 15.4. The lowest BCUT2D eigenvalue weighted by molar-refractivity contribution is -0.196. The number of carbonyl (C=O) groups is 1. The molecule has 0 spiro atoms. The van der Waals surface area contributed by atoms with Crippen molar-refractivity contribution in [2.24, 2.45) is 5.92 Å². The number of nitrogens with one attached hydrogen (secondary N) is 2. The van der Waals surface area contributed by atoms with Crippen LogP contribution in [0.1, 0.15) is 52.4 Å². The molecule has 3 saturated heterocycles. The number of rotatable bonds is 4. The van der Waals surface area contributed by atoms with Gasteiger partial charge in [-0.15, -0.1) is 0 Å². The van der Waals surface area contributed by atoms with E-state index in [1.54, 1.807) is 0 Å². The number of halogens is 4. The van der Waals surface area contributed by atoms with Crippen molar-refractivity contribution in [2.45, 2.75) is 88.4 Å². The summed E-state index contributed by atoms with van der Waals surface area (Å²) in [4.78, 5) is 13.8. The van der Waals surface area contributed by atoms with Crippen LogP contribution in [-0.4, -0.2) is 59.9 Å². The summed E-state index contributed by atoms with van der Waals surface area (Å²) in [7, 11) is 0. The van der Waals surface area contributed by atoms with Gasteiger partial charge in [0.2, 0.25) is 5.91 Å². The minimum absolute atomic E-state index is 0.0428. The van der Waals surface area contributed by atoms with E-state index in [0.717, 1.165) is 30.6 Å². The summed E-state index contributed by atoms with van der Waals surface area (Å²) in [6, 6.07) is -1.22. The molecule has 0 aromatic carbocycles. The molecule has 3 aliphatic heterocycles. The maximum Gasteiger partial charge on any atom is 0.404 e. The molecule has 3 rings (SSSR count). The number of nitrogens with zero attached hydrogens (tertiary/aromatic N) is 1. The van der Waals surface area contributed by atoms with Gasteiger partial charge in [0.25, 0.3) is 0 Å². The molecule has 3 aliphatic rings. The van der Waals surface area contributed by atoms with Crippen LogP contribution in [0.3, 0.4) is 0 Å². The topological polar surface area (TPSA) is 44.4 Å². The van der Waals surface area contributed by atoms with Gasteiger partial charge in [0, 0.05) is 37.1 Å². The Morgan fingerprint density at radius 1 is 1.08 bits per heavy atom. The molecule has 150 valence electrons. The molecular formula is C18H29F4N3O. The van der Waals surface area contributed by atoms with Crippen LogP contribution < -0.4 is 10.6 Å². The molecule has 8 heteroatoms. The molecule has 0 saturated carbocycles. The van der Waals surface area contributed by atoms with E-state index in [2.05, 4.69) is 10.6 Å². The first kappa shape index (κ1) is 19.9. The number of fused-ring (bicyclic) bond motifs is 2. The molecule has 3 fully saturated rings. The normalized spacial score (nSPS) is 36.2. The molecule has 0 aromatic heterocycles. The average molecular weight is 379 g/mol. The van der Waals surface area contributed by atoms with Crippen LogP contribution in [0, 0.1) is 5.92 Å². The van der Waals surface area contributed by atoms with Crippen LogP contribution in [0.5, 0.6) is 0 Å². The van der Waals surface area contributed by atoms with Gasteiger partial charge in [-0.3, -0.25) is 9.69 Å². The Labute approximate surface area is 152 Å². The van der Waals surface area contributed by atoms with Crippen molar-refractivity contribution >= 4 is 5.91 Å². The van der Waals surface area contributed by atoms with Gasteiger partial charge in [-0.05, 0) is 52.4 Å². The lowest BCUT2D eigenvalue weighted by atomic mass is 9.90. The zero-order chi connectivity index (χ0) is 19.1. The van der Waals surface area contributed by atoms with Crippen molar-refractivity contribution in [3.63, 3.8) is 0 Å². The maximum atomic E-state index is 14.0. The maximum absolute atomic E-state index is 14.0. The standard InChI is InChI=1S/C18H29F4N3O/c1-17(2,19)10-25-9-14(5-6-15(25)18(20,21)22)24-16(26)11-7-12-3-4-13(8-11)23-12/h11-15,23H,3-10H2,1-2H3,(H,24,26)/t11?,12?,13?,14-,15-/m0/s1. The van der Waals surface area contributed by atoms with E-state index >= 15 is 0 Å². The average Bonchev–Trinajstić information content (AvgIpc) is 2.82. The molecule has 4 nitrogen and oxygen atoms in total. The first-order valence-corrected chi connectivity index (χ1v) is 9.57. The Hall–Kier alpha value is -0.890. The molecule has 0 radical (unpaired) electrons. The van der Waals surface area contributed by atoms with E-state index in [9.17, 15) is 22.4 Å². The number of carbonyl (C=O) groups excluding carboxylic acids is 1. The molecule has 4 atom stereocenters. The van der Waals surface area contributed by atoms with Gasteiger partial charge in [-0.2, -0.15) is 13.2 Å². The predicted octanol–water partition coefficient (Wildman–Crippen LogP) is 2.78. The van der Waals surface area contributed by atoms with Gasteiger partial charge >= 0.3 is 6.18 Å². The zero-order valence-electron chi connectivity index (χ0n) is 15.4. The fourth-order valence-corrected chi connectivity index (χ4v) is 4.78. The van der Waals surface area contributed by atoms with Crippen molar-refractivity contribution in [2.75, 3.05) is 13.1 Å². The van der Waals surface area contributed by atoms with E-state index < -0.39 is 17.9 Å². The summed E-state index contributed by atoms with van der Waals surface area (Å²) in [5, 5.41) is 6.43. The molecule has 0 aliphatic carbocycles. The van der Waals surface area contributed by atoms with Crippen molar-refractivity contribution in [3.05, 3.63) is 0 Å². The van der Waals surface area contributed by atoms with Crippen LogP contribution in [0.15, 0.2) is 0 Å². The number of piperidine rings is 2. The van der Waals surface area contributed by atoms with Crippen molar-refractivity contribution in [1.82, 2.24) is 15.5 Å².